The molecule has 10 rings (SSSR count). The van der Waals surface area contributed by atoms with E-state index in [4.69, 9.17) is 0 Å². The van der Waals surface area contributed by atoms with Crippen LogP contribution >= 0.6 is 0 Å². The summed E-state index contributed by atoms with van der Waals surface area (Å²) < 4.78 is 0. The van der Waals surface area contributed by atoms with Gasteiger partial charge >= 0.3 is 0 Å². The fourth-order valence-electron chi connectivity index (χ4n) is 8.44. The zero-order valence-corrected chi connectivity index (χ0v) is 34.8. The summed E-state index contributed by atoms with van der Waals surface area (Å²) >= 11 is 0. The van der Waals surface area contributed by atoms with Gasteiger partial charge in [0.2, 0.25) is 0 Å². The summed E-state index contributed by atoms with van der Waals surface area (Å²) in [5.74, 6) is 0. The van der Waals surface area contributed by atoms with E-state index in [1.165, 1.54) is 11.1 Å². The first kappa shape index (κ1) is 38.8. The minimum Gasteiger partial charge on any atom is -0.311 e. The van der Waals surface area contributed by atoms with Gasteiger partial charge in [0.15, 0.2) is 0 Å². The summed E-state index contributed by atoms with van der Waals surface area (Å²) in [6.07, 6.45) is 0. The number of nitrogens with zero attached hydrogens (tertiary/aromatic N) is 3. The maximum atomic E-state index is 2.34. The Kier molecular flexibility index (Phi) is 11.1. The van der Waals surface area contributed by atoms with Crippen molar-refractivity contribution in [1.29, 1.82) is 0 Å². The van der Waals surface area contributed by atoms with Crippen LogP contribution in [0.1, 0.15) is 0 Å². The number of hydrogen-bond acceptors (Lipinski definition) is 3. The molecule has 0 aliphatic heterocycles. The minimum absolute atomic E-state index is 1.08. The third kappa shape index (κ3) is 8.37. The molecule has 0 unspecified atom stereocenters. The summed E-state index contributed by atoms with van der Waals surface area (Å²) in [7, 11) is 0. The molecule has 10 aromatic rings. The zero-order valence-electron chi connectivity index (χ0n) is 34.8. The quantitative estimate of drug-likeness (QED) is 0.122. The summed E-state index contributed by atoms with van der Waals surface area (Å²) in [5, 5.41) is 0. The molecule has 0 aliphatic carbocycles. The highest BCUT2D eigenvalue weighted by atomic mass is 15.2. The van der Waals surface area contributed by atoms with Crippen LogP contribution in [0.25, 0.3) is 33.4 Å². The van der Waals surface area contributed by atoms with Gasteiger partial charge in [-0.25, -0.2) is 0 Å². The molecule has 63 heavy (non-hydrogen) atoms. The Hall–Kier alpha value is -8.40. The predicted molar refractivity (Wildman–Crippen MR) is 267 cm³/mol. The Labute approximate surface area is 370 Å². The van der Waals surface area contributed by atoms with E-state index in [1.807, 2.05) is 0 Å². The van der Waals surface area contributed by atoms with Gasteiger partial charge in [-0.3, -0.25) is 0 Å². The Morgan fingerprint density at radius 2 is 0.397 bits per heavy atom. The van der Waals surface area contributed by atoms with Crippen LogP contribution in [0.2, 0.25) is 0 Å². The van der Waals surface area contributed by atoms with E-state index >= 15 is 0 Å². The SMILES string of the molecule is c1ccc(N(c2ccccc2)c2ccc(-c3ccc(N(c4ccccc4)c4cccc(-c5ccccc5-c5cccc(N(c6ccccc6)c6ccccc6)c5)c4)cc3)cc2)cc1. The van der Waals surface area contributed by atoms with Gasteiger partial charge in [-0.05, 0) is 143 Å². The van der Waals surface area contributed by atoms with E-state index in [-0.39, 0.29) is 0 Å². The van der Waals surface area contributed by atoms with Crippen molar-refractivity contribution < 1.29 is 0 Å². The largest absolute Gasteiger partial charge is 0.311 e. The van der Waals surface area contributed by atoms with Crippen LogP contribution in [0.3, 0.4) is 0 Å². The van der Waals surface area contributed by atoms with Gasteiger partial charge in [0.05, 0.1) is 0 Å². The van der Waals surface area contributed by atoms with Gasteiger partial charge in [-0.2, -0.15) is 0 Å². The fourth-order valence-corrected chi connectivity index (χ4v) is 8.44. The molecule has 0 spiro atoms. The molecule has 0 N–H and O–H groups in total. The van der Waals surface area contributed by atoms with E-state index in [1.54, 1.807) is 0 Å². The third-order valence-electron chi connectivity index (χ3n) is 11.4. The molecule has 0 bridgehead atoms. The van der Waals surface area contributed by atoms with Crippen molar-refractivity contribution in [1.82, 2.24) is 0 Å². The second-order valence-electron chi connectivity index (χ2n) is 15.4. The van der Waals surface area contributed by atoms with E-state index < -0.39 is 0 Å². The van der Waals surface area contributed by atoms with Crippen LogP contribution in [0, 0.1) is 0 Å². The molecular formula is C60H45N3. The summed E-state index contributed by atoms with van der Waals surface area (Å²) in [6, 6.07) is 97.1. The number of rotatable bonds is 12. The minimum atomic E-state index is 1.08. The molecule has 3 nitrogen and oxygen atoms in total. The van der Waals surface area contributed by atoms with Crippen LogP contribution in [0.4, 0.5) is 51.2 Å². The molecule has 0 aliphatic rings. The maximum Gasteiger partial charge on any atom is 0.0467 e. The van der Waals surface area contributed by atoms with E-state index in [2.05, 4.69) is 288 Å². The molecule has 0 atom stereocenters. The molecule has 0 aromatic heterocycles. The smallest absolute Gasteiger partial charge is 0.0467 e. The zero-order chi connectivity index (χ0) is 42.2. The van der Waals surface area contributed by atoms with Gasteiger partial charge in [0.1, 0.15) is 0 Å². The molecule has 3 heteroatoms. The van der Waals surface area contributed by atoms with Crippen LogP contribution in [0.15, 0.2) is 273 Å². The summed E-state index contributed by atoms with van der Waals surface area (Å²) in [5.41, 5.74) is 16.9. The van der Waals surface area contributed by atoms with E-state index in [0.717, 1.165) is 73.4 Å². The predicted octanol–water partition coefficient (Wildman–Crippen LogP) is 17.1. The Morgan fingerprint density at radius 3 is 0.698 bits per heavy atom. The van der Waals surface area contributed by atoms with E-state index in [9.17, 15) is 0 Å². The lowest BCUT2D eigenvalue weighted by Gasteiger charge is -2.27. The van der Waals surface area contributed by atoms with E-state index in [0.29, 0.717) is 0 Å². The lowest BCUT2D eigenvalue weighted by molar-refractivity contribution is 1.28. The topological polar surface area (TPSA) is 9.72 Å². The van der Waals surface area contributed by atoms with Gasteiger partial charge in [0.25, 0.3) is 0 Å². The standard InChI is InChI=1S/C60H45N3/c1-6-22-50(23-7-1)61(51-24-8-2-9-25-51)55-40-36-46(37-41-55)47-38-42-56(43-39-47)63(54-30-14-5-15-31-54)58-33-19-21-49(45-58)60-35-17-16-34-59(60)48-20-18-32-57(44-48)62(52-26-10-3-11-27-52)53-28-12-4-13-29-53/h1-45H. The molecule has 0 saturated carbocycles. The van der Waals surface area contributed by atoms with Gasteiger partial charge in [-0.1, -0.05) is 164 Å². The maximum absolute atomic E-state index is 2.34. The highest BCUT2D eigenvalue weighted by Crippen LogP contribution is 2.42. The van der Waals surface area contributed by atoms with Crippen LogP contribution in [-0.4, -0.2) is 0 Å². The Bertz CT molecular complexity index is 2950. The highest BCUT2D eigenvalue weighted by Gasteiger charge is 2.18. The first-order chi connectivity index (χ1) is 31.3. The second-order valence-corrected chi connectivity index (χ2v) is 15.4. The van der Waals surface area contributed by atoms with Crippen LogP contribution in [0.5, 0.6) is 0 Å². The summed E-state index contributed by atoms with van der Waals surface area (Å²) in [4.78, 5) is 6.95. The molecule has 0 radical (unpaired) electrons. The second kappa shape index (κ2) is 18.1. The van der Waals surface area contributed by atoms with Gasteiger partial charge in [-0.15, -0.1) is 0 Å². The van der Waals surface area contributed by atoms with Crippen LogP contribution in [-0.2, 0) is 0 Å². The lowest BCUT2D eigenvalue weighted by atomic mass is 9.93. The van der Waals surface area contributed by atoms with Gasteiger partial charge < -0.3 is 14.7 Å². The Morgan fingerprint density at radius 1 is 0.159 bits per heavy atom. The molecule has 0 amide bonds. The number of anilines is 9. The summed E-state index contributed by atoms with van der Waals surface area (Å²) in [6.45, 7) is 0. The van der Waals surface area contributed by atoms with Gasteiger partial charge in [0, 0.05) is 51.2 Å². The van der Waals surface area contributed by atoms with Crippen molar-refractivity contribution in [2.45, 2.75) is 0 Å². The van der Waals surface area contributed by atoms with Crippen molar-refractivity contribution in [3.63, 3.8) is 0 Å². The number of hydrogen-bond donors (Lipinski definition) is 0. The first-order valence-corrected chi connectivity index (χ1v) is 21.4. The molecule has 0 fully saturated rings. The number of para-hydroxylation sites is 5. The van der Waals surface area contributed by atoms with Crippen molar-refractivity contribution in [3.05, 3.63) is 273 Å². The monoisotopic (exact) mass is 807 g/mol. The fraction of sp³-hybridized carbons (Fsp3) is 0. The first-order valence-electron chi connectivity index (χ1n) is 21.4. The molecule has 0 saturated heterocycles. The Balaban J connectivity index is 0.973. The van der Waals surface area contributed by atoms with Crippen molar-refractivity contribution in [2.75, 3.05) is 14.7 Å². The average molecular weight is 808 g/mol. The van der Waals surface area contributed by atoms with Crippen molar-refractivity contribution in [3.8, 4) is 33.4 Å². The lowest BCUT2D eigenvalue weighted by Crippen LogP contribution is -2.10. The molecule has 0 heterocycles. The normalized spacial score (nSPS) is 10.9. The molecule has 300 valence electrons. The van der Waals surface area contributed by atoms with Crippen LogP contribution < -0.4 is 14.7 Å². The third-order valence-corrected chi connectivity index (χ3v) is 11.4. The highest BCUT2D eigenvalue weighted by molar-refractivity contribution is 5.89. The number of benzene rings is 10. The molecule has 10 aromatic carbocycles. The van der Waals surface area contributed by atoms with Crippen molar-refractivity contribution >= 4 is 51.2 Å². The average Bonchev–Trinajstić information content (AvgIpc) is 3.37. The molecular weight excluding hydrogens is 763 g/mol. The van der Waals surface area contributed by atoms with Crippen molar-refractivity contribution in [2.24, 2.45) is 0 Å².